The number of carbonyl (C=O) groups is 2. The van der Waals surface area contributed by atoms with Gasteiger partial charge in [-0.15, -0.1) is 11.3 Å². The Hall–Kier alpha value is -2.50. The van der Waals surface area contributed by atoms with Crippen molar-refractivity contribution in [3.63, 3.8) is 0 Å². The van der Waals surface area contributed by atoms with Crippen molar-refractivity contribution in [2.75, 3.05) is 13.1 Å². The van der Waals surface area contributed by atoms with Crippen molar-refractivity contribution < 1.29 is 18.0 Å². The topological polar surface area (TPSA) is 108 Å². The summed E-state index contributed by atoms with van der Waals surface area (Å²) in [6, 6.07) is 11.2. The van der Waals surface area contributed by atoms with E-state index in [-0.39, 0.29) is 27.1 Å². The zero-order valence-corrected chi connectivity index (χ0v) is 21.8. The molecule has 2 aromatic carbocycles. The van der Waals surface area contributed by atoms with E-state index in [1.54, 1.807) is 41.8 Å². The van der Waals surface area contributed by atoms with Crippen LogP contribution in [0.15, 0.2) is 52.7 Å². The van der Waals surface area contributed by atoms with Gasteiger partial charge in [0.05, 0.1) is 20.5 Å². The largest absolute Gasteiger partial charge is 0.289 e. The first-order valence-corrected chi connectivity index (χ1v) is 13.8. The minimum atomic E-state index is -3.64. The number of hydrogen-bond donors (Lipinski definition) is 2. The molecule has 0 radical (unpaired) electrons. The fraction of sp³-hybridized carbons (Fsp3) is 0.261. The van der Waals surface area contributed by atoms with Crippen LogP contribution >= 0.6 is 34.5 Å². The van der Waals surface area contributed by atoms with E-state index in [0.717, 1.165) is 10.6 Å². The van der Waals surface area contributed by atoms with Crippen molar-refractivity contribution in [2.24, 2.45) is 0 Å². The van der Waals surface area contributed by atoms with Gasteiger partial charge in [-0.25, -0.2) is 13.4 Å². The lowest BCUT2D eigenvalue weighted by Gasteiger charge is -2.30. The Morgan fingerprint density at radius 1 is 1.03 bits per heavy atom. The number of aryl methyl sites for hydroxylation is 1. The van der Waals surface area contributed by atoms with E-state index in [0.29, 0.717) is 31.0 Å². The quantitative estimate of drug-likeness (QED) is 0.456. The maximum Gasteiger partial charge on any atom is 0.289 e. The number of nitrogens with zero attached hydrogens (tertiary/aromatic N) is 2. The summed E-state index contributed by atoms with van der Waals surface area (Å²) in [7, 11) is -3.64. The molecule has 1 saturated heterocycles. The second-order valence-electron chi connectivity index (χ2n) is 8.05. The number of thiazole rings is 1. The van der Waals surface area contributed by atoms with Gasteiger partial charge in [0, 0.05) is 29.4 Å². The minimum absolute atomic E-state index is 0.0346. The lowest BCUT2D eigenvalue weighted by atomic mass is 9.99. The monoisotopic (exact) mass is 552 g/mol. The van der Waals surface area contributed by atoms with Crippen molar-refractivity contribution in [1.29, 1.82) is 0 Å². The summed E-state index contributed by atoms with van der Waals surface area (Å²) in [6.45, 7) is 2.50. The van der Waals surface area contributed by atoms with E-state index in [4.69, 9.17) is 23.2 Å². The molecule has 2 heterocycles. The molecule has 1 aliphatic rings. The molecule has 0 atom stereocenters. The van der Waals surface area contributed by atoms with E-state index >= 15 is 0 Å². The number of sulfonamides is 1. The number of hydrogen-bond acceptors (Lipinski definition) is 6. The second kappa shape index (κ2) is 10.6. The number of halogens is 2. The summed E-state index contributed by atoms with van der Waals surface area (Å²) in [5.74, 6) is -1.06. The number of benzene rings is 2. The van der Waals surface area contributed by atoms with Crippen LogP contribution in [0, 0.1) is 6.92 Å². The van der Waals surface area contributed by atoms with Crippen LogP contribution in [0.4, 0.5) is 0 Å². The van der Waals surface area contributed by atoms with Gasteiger partial charge >= 0.3 is 0 Å². The van der Waals surface area contributed by atoms with Crippen LogP contribution in [-0.2, 0) is 10.0 Å². The van der Waals surface area contributed by atoms with Crippen molar-refractivity contribution in [3.8, 4) is 0 Å². The summed E-state index contributed by atoms with van der Waals surface area (Å²) in [5.41, 5.74) is 5.90. The fourth-order valence-electron chi connectivity index (χ4n) is 3.70. The summed E-state index contributed by atoms with van der Waals surface area (Å²) < 4.78 is 27.4. The maximum absolute atomic E-state index is 13.0. The third-order valence-electron chi connectivity index (χ3n) is 5.75. The maximum atomic E-state index is 13.0. The number of rotatable bonds is 5. The number of carbonyl (C=O) groups excluding carboxylic acids is 2. The number of nitrogens with one attached hydrogen (secondary N) is 2. The third-order valence-corrected chi connectivity index (χ3v) is 9.39. The van der Waals surface area contributed by atoms with Crippen LogP contribution in [0.25, 0.3) is 0 Å². The molecule has 1 aliphatic heterocycles. The summed E-state index contributed by atoms with van der Waals surface area (Å²) in [6.07, 6.45) is 1.16. The predicted octanol–water partition coefficient (Wildman–Crippen LogP) is 4.40. The molecule has 1 fully saturated rings. The van der Waals surface area contributed by atoms with Gasteiger partial charge in [-0.2, -0.15) is 4.31 Å². The van der Waals surface area contributed by atoms with Crippen LogP contribution < -0.4 is 10.9 Å². The summed E-state index contributed by atoms with van der Waals surface area (Å²) in [5, 5.41) is 3.05. The van der Waals surface area contributed by atoms with E-state index in [9.17, 15) is 18.0 Å². The fourth-order valence-corrected chi connectivity index (χ4v) is 6.63. The van der Waals surface area contributed by atoms with Crippen LogP contribution in [0.3, 0.4) is 0 Å². The van der Waals surface area contributed by atoms with E-state index < -0.39 is 21.8 Å². The lowest BCUT2D eigenvalue weighted by Crippen LogP contribution is -2.41. The number of aromatic nitrogens is 1. The average molecular weight is 553 g/mol. The molecule has 0 spiro atoms. The lowest BCUT2D eigenvalue weighted by molar-refractivity contribution is 0.0844. The SMILES string of the molecule is Cc1ccc(S(=O)(=O)N2CCC(c3nc(C(=O)NNC(=O)c4ccccc4Cl)cs3)CC2)cc1Cl. The molecule has 0 aliphatic carbocycles. The molecule has 4 rings (SSSR count). The van der Waals surface area contributed by atoms with E-state index in [1.165, 1.54) is 21.7 Å². The van der Waals surface area contributed by atoms with Crippen LogP contribution in [0.2, 0.25) is 10.0 Å². The van der Waals surface area contributed by atoms with Crippen molar-refractivity contribution >= 4 is 56.4 Å². The van der Waals surface area contributed by atoms with Crippen molar-refractivity contribution in [3.05, 3.63) is 79.7 Å². The third kappa shape index (κ3) is 5.68. The summed E-state index contributed by atoms with van der Waals surface area (Å²) in [4.78, 5) is 29.2. The second-order valence-corrected chi connectivity index (χ2v) is 11.7. The van der Waals surface area contributed by atoms with Gasteiger partial charge < -0.3 is 0 Å². The number of hydrazine groups is 1. The van der Waals surface area contributed by atoms with Gasteiger partial charge in [0.25, 0.3) is 11.8 Å². The highest BCUT2D eigenvalue weighted by Gasteiger charge is 2.31. The Balaban J connectivity index is 1.34. The molecule has 0 saturated carbocycles. The molecule has 35 heavy (non-hydrogen) atoms. The van der Waals surface area contributed by atoms with Gasteiger partial charge in [0.1, 0.15) is 5.69 Å². The van der Waals surface area contributed by atoms with Crippen molar-refractivity contribution in [1.82, 2.24) is 20.1 Å². The zero-order valence-electron chi connectivity index (χ0n) is 18.6. The summed E-state index contributed by atoms with van der Waals surface area (Å²) >= 11 is 13.4. The molecule has 3 aromatic rings. The highest BCUT2D eigenvalue weighted by molar-refractivity contribution is 7.89. The minimum Gasteiger partial charge on any atom is -0.267 e. The smallest absolute Gasteiger partial charge is 0.267 e. The molecule has 184 valence electrons. The van der Waals surface area contributed by atoms with Crippen LogP contribution in [0.1, 0.15) is 50.2 Å². The number of amides is 2. The van der Waals surface area contributed by atoms with Crippen molar-refractivity contribution in [2.45, 2.75) is 30.6 Å². The van der Waals surface area contributed by atoms with E-state index in [2.05, 4.69) is 15.8 Å². The Labute approximate surface area is 217 Å². The van der Waals surface area contributed by atoms with Gasteiger partial charge in [-0.1, -0.05) is 41.4 Å². The predicted molar refractivity (Wildman–Crippen MR) is 135 cm³/mol. The van der Waals surface area contributed by atoms with Crippen LogP contribution in [-0.4, -0.2) is 42.6 Å². The average Bonchev–Trinajstić information content (AvgIpc) is 3.35. The molecular formula is C23H22Cl2N4O4S2. The van der Waals surface area contributed by atoms with Gasteiger partial charge in [0.15, 0.2) is 0 Å². The molecule has 12 heteroatoms. The number of piperidine rings is 1. The Morgan fingerprint density at radius 2 is 1.71 bits per heavy atom. The zero-order chi connectivity index (χ0) is 25.2. The molecule has 0 unspecified atom stereocenters. The highest BCUT2D eigenvalue weighted by atomic mass is 35.5. The first kappa shape index (κ1) is 25.6. The molecule has 8 nitrogen and oxygen atoms in total. The highest BCUT2D eigenvalue weighted by Crippen LogP contribution is 2.33. The Bertz CT molecular complexity index is 1370. The standard InChI is InChI=1S/C23H22Cl2N4O4S2/c1-14-6-7-16(12-19(14)25)35(32,33)29-10-8-15(9-11-29)23-26-20(13-34-23)22(31)28-27-21(30)17-4-2-3-5-18(17)24/h2-7,12-13,15H,8-11H2,1H3,(H,27,30)(H,28,31). The first-order chi connectivity index (χ1) is 16.7. The normalized spacial score (nSPS) is 15.1. The molecular weight excluding hydrogens is 531 g/mol. The Kier molecular flexibility index (Phi) is 7.77. The van der Waals surface area contributed by atoms with Gasteiger partial charge in [0.2, 0.25) is 10.0 Å². The van der Waals surface area contributed by atoms with E-state index in [1.807, 2.05) is 6.92 Å². The first-order valence-electron chi connectivity index (χ1n) is 10.7. The van der Waals surface area contributed by atoms with Gasteiger partial charge in [-0.05, 0) is 49.6 Å². The van der Waals surface area contributed by atoms with Gasteiger partial charge in [-0.3, -0.25) is 20.4 Å². The molecule has 2 amide bonds. The molecule has 2 N–H and O–H groups in total. The molecule has 0 bridgehead atoms. The molecule has 1 aromatic heterocycles. The van der Waals surface area contributed by atoms with Crippen LogP contribution in [0.5, 0.6) is 0 Å². The Morgan fingerprint density at radius 3 is 2.40 bits per heavy atom.